The first-order valence-corrected chi connectivity index (χ1v) is 10.4. The monoisotopic (exact) mass is 373 g/mol. The molecule has 0 saturated heterocycles. The molecule has 0 atom stereocenters. The van der Waals surface area contributed by atoms with Crippen molar-refractivity contribution in [3.05, 3.63) is 34.7 Å². The van der Waals surface area contributed by atoms with E-state index >= 15 is 0 Å². The van der Waals surface area contributed by atoms with Crippen molar-refractivity contribution in [1.29, 1.82) is 0 Å². The molecule has 1 aromatic carbocycles. The minimum Gasteiger partial charge on any atom is -0.379 e. The van der Waals surface area contributed by atoms with Gasteiger partial charge in [-0.2, -0.15) is 8.42 Å². The van der Waals surface area contributed by atoms with Gasteiger partial charge in [-0.1, -0.05) is 82.9 Å². The van der Waals surface area contributed by atoms with Crippen molar-refractivity contribution in [3.8, 4) is 0 Å². The molecule has 0 fully saturated rings. The SMILES string of the molecule is CCCCCCCCCCCCc1ccccc1S(=O)(=O)O.O=NO. The van der Waals surface area contributed by atoms with Gasteiger partial charge in [0.1, 0.15) is 0 Å². The molecular formula is C18H31NO5S. The second-order valence-electron chi connectivity index (χ2n) is 6.10. The minimum atomic E-state index is -4.10. The maximum Gasteiger partial charge on any atom is 0.294 e. The fourth-order valence-electron chi connectivity index (χ4n) is 2.76. The van der Waals surface area contributed by atoms with E-state index in [1.54, 1.807) is 12.1 Å². The van der Waals surface area contributed by atoms with Gasteiger partial charge in [-0.05, 0) is 24.5 Å². The lowest BCUT2D eigenvalue weighted by atomic mass is 10.0. The summed E-state index contributed by atoms with van der Waals surface area (Å²) in [6, 6.07) is 6.73. The zero-order chi connectivity index (χ0) is 19.0. The van der Waals surface area contributed by atoms with Gasteiger partial charge in [0.25, 0.3) is 10.1 Å². The molecule has 0 aromatic heterocycles. The van der Waals surface area contributed by atoms with E-state index in [4.69, 9.17) is 10.1 Å². The van der Waals surface area contributed by atoms with Crippen LogP contribution in [-0.2, 0) is 16.5 Å². The third-order valence-corrected chi connectivity index (χ3v) is 5.00. The molecule has 144 valence electrons. The van der Waals surface area contributed by atoms with Crippen LogP contribution in [0.4, 0.5) is 0 Å². The number of rotatable bonds is 12. The predicted octanol–water partition coefficient (Wildman–Crippen LogP) is 5.54. The molecule has 7 heteroatoms. The summed E-state index contributed by atoms with van der Waals surface area (Å²) in [6.07, 6.45) is 13.3. The molecule has 25 heavy (non-hydrogen) atoms. The van der Waals surface area contributed by atoms with Crippen molar-refractivity contribution in [2.24, 2.45) is 5.34 Å². The summed E-state index contributed by atoms with van der Waals surface area (Å²) < 4.78 is 31.8. The summed E-state index contributed by atoms with van der Waals surface area (Å²) in [5.41, 5.74) is 0.726. The van der Waals surface area contributed by atoms with E-state index in [1.165, 1.54) is 62.8 Å². The van der Waals surface area contributed by atoms with Gasteiger partial charge < -0.3 is 5.21 Å². The fourth-order valence-corrected chi connectivity index (χ4v) is 3.52. The maximum absolute atomic E-state index is 11.3. The van der Waals surface area contributed by atoms with E-state index in [0.717, 1.165) is 18.4 Å². The molecular weight excluding hydrogens is 342 g/mol. The van der Waals surface area contributed by atoms with Crippen LogP contribution < -0.4 is 0 Å². The van der Waals surface area contributed by atoms with E-state index in [0.29, 0.717) is 6.42 Å². The Labute approximate surface area is 151 Å². The van der Waals surface area contributed by atoms with Crippen molar-refractivity contribution >= 4 is 10.1 Å². The Balaban J connectivity index is 0.00000178. The first kappa shape index (κ1) is 23.5. The van der Waals surface area contributed by atoms with Crippen LogP contribution in [0.3, 0.4) is 0 Å². The van der Waals surface area contributed by atoms with Gasteiger partial charge in [0.2, 0.25) is 0 Å². The van der Waals surface area contributed by atoms with Crippen LogP contribution in [0.2, 0.25) is 0 Å². The van der Waals surface area contributed by atoms with Crippen LogP contribution in [0, 0.1) is 4.91 Å². The lowest BCUT2D eigenvalue weighted by molar-refractivity contribution is 0.312. The van der Waals surface area contributed by atoms with E-state index in [2.05, 4.69) is 6.92 Å². The van der Waals surface area contributed by atoms with E-state index < -0.39 is 10.1 Å². The lowest BCUT2D eigenvalue weighted by Crippen LogP contribution is -2.03. The van der Waals surface area contributed by atoms with Gasteiger partial charge in [0, 0.05) is 0 Å². The molecule has 0 saturated carbocycles. The van der Waals surface area contributed by atoms with E-state index in [1.807, 2.05) is 6.07 Å². The zero-order valence-corrected chi connectivity index (χ0v) is 15.9. The van der Waals surface area contributed by atoms with Gasteiger partial charge in [-0.25, -0.2) is 0 Å². The Kier molecular flexibility index (Phi) is 14.0. The highest BCUT2D eigenvalue weighted by Crippen LogP contribution is 2.18. The predicted molar refractivity (Wildman–Crippen MR) is 99.4 cm³/mol. The largest absolute Gasteiger partial charge is 0.379 e. The van der Waals surface area contributed by atoms with Gasteiger partial charge in [0.05, 0.1) is 4.90 Å². The molecule has 0 amide bonds. The first-order valence-electron chi connectivity index (χ1n) is 8.99. The first-order chi connectivity index (χ1) is 12.0. The summed E-state index contributed by atoms with van der Waals surface area (Å²) in [5, 5.41) is 7.89. The molecule has 0 bridgehead atoms. The Morgan fingerprint density at radius 3 is 1.80 bits per heavy atom. The lowest BCUT2D eigenvalue weighted by Gasteiger charge is -2.07. The molecule has 0 aliphatic heterocycles. The number of aryl methyl sites for hydroxylation is 1. The number of hydrogen-bond donors (Lipinski definition) is 2. The third kappa shape index (κ3) is 12.5. The number of hydrogen-bond acceptors (Lipinski definition) is 4. The Morgan fingerprint density at radius 1 is 0.880 bits per heavy atom. The Bertz CT molecular complexity index is 560. The fraction of sp³-hybridized carbons (Fsp3) is 0.667. The molecule has 0 heterocycles. The maximum atomic E-state index is 11.3. The topological polar surface area (TPSA) is 104 Å². The number of nitrogens with zero attached hydrogens (tertiary/aromatic N) is 1. The van der Waals surface area contributed by atoms with Gasteiger partial charge >= 0.3 is 0 Å². The van der Waals surface area contributed by atoms with Crippen LogP contribution in [0.15, 0.2) is 34.5 Å². The second-order valence-corrected chi connectivity index (χ2v) is 7.49. The van der Waals surface area contributed by atoms with Crippen molar-refractivity contribution in [3.63, 3.8) is 0 Å². The molecule has 0 aliphatic rings. The van der Waals surface area contributed by atoms with E-state index in [-0.39, 0.29) is 4.90 Å². The van der Waals surface area contributed by atoms with Gasteiger partial charge in [-0.15, -0.1) is 4.91 Å². The Hall–Kier alpha value is -1.47. The molecule has 0 spiro atoms. The summed E-state index contributed by atoms with van der Waals surface area (Å²) in [4.78, 5) is 8.17. The second kappa shape index (κ2) is 14.8. The van der Waals surface area contributed by atoms with Crippen LogP contribution >= 0.6 is 0 Å². The molecule has 0 radical (unpaired) electrons. The Morgan fingerprint density at radius 2 is 1.32 bits per heavy atom. The quantitative estimate of drug-likeness (QED) is 0.217. The van der Waals surface area contributed by atoms with Crippen molar-refractivity contribution < 1.29 is 18.2 Å². The van der Waals surface area contributed by atoms with Gasteiger partial charge in [0.15, 0.2) is 5.34 Å². The summed E-state index contributed by atoms with van der Waals surface area (Å²) in [6.45, 7) is 2.24. The van der Waals surface area contributed by atoms with Crippen molar-refractivity contribution in [2.75, 3.05) is 0 Å². The highest BCUT2D eigenvalue weighted by atomic mass is 32.2. The summed E-state index contributed by atoms with van der Waals surface area (Å²) >= 11 is 0. The normalized spacial score (nSPS) is 10.8. The van der Waals surface area contributed by atoms with E-state index in [9.17, 15) is 13.0 Å². The van der Waals surface area contributed by atoms with Crippen LogP contribution in [0.1, 0.15) is 76.7 Å². The average Bonchev–Trinajstić information content (AvgIpc) is 2.57. The van der Waals surface area contributed by atoms with Crippen LogP contribution in [0.25, 0.3) is 0 Å². The highest BCUT2D eigenvalue weighted by Gasteiger charge is 2.13. The smallest absolute Gasteiger partial charge is 0.294 e. The van der Waals surface area contributed by atoms with Crippen LogP contribution in [0.5, 0.6) is 0 Å². The average molecular weight is 374 g/mol. The van der Waals surface area contributed by atoms with Crippen molar-refractivity contribution in [1.82, 2.24) is 0 Å². The summed E-state index contributed by atoms with van der Waals surface area (Å²) in [5.74, 6) is 0. The highest BCUT2D eigenvalue weighted by molar-refractivity contribution is 7.85. The molecule has 0 unspecified atom stereocenters. The summed E-state index contributed by atoms with van der Waals surface area (Å²) in [7, 11) is -4.10. The number of unbranched alkanes of at least 4 members (excludes halogenated alkanes) is 9. The third-order valence-electron chi connectivity index (χ3n) is 4.05. The minimum absolute atomic E-state index is 0.0610. The van der Waals surface area contributed by atoms with Gasteiger partial charge in [-0.3, -0.25) is 4.55 Å². The van der Waals surface area contributed by atoms with Crippen LogP contribution in [-0.4, -0.2) is 18.2 Å². The number of benzene rings is 1. The molecule has 1 aromatic rings. The molecule has 6 nitrogen and oxygen atoms in total. The van der Waals surface area contributed by atoms with Crippen molar-refractivity contribution in [2.45, 2.75) is 82.4 Å². The molecule has 2 N–H and O–H groups in total. The molecule has 1 rings (SSSR count). The molecule has 0 aliphatic carbocycles. The standard InChI is InChI=1S/C18H30O3S.HNO2/c1-2-3-4-5-6-7-8-9-10-11-14-17-15-12-13-16-18(17)22(19,20)21;2-1-3/h12-13,15-16H,2-11,14H2,1H3,(H,19,20,21);(H,2,3). The zero-order valence-electron chi connectivity index (χ0n) is 15.1.